The minimum absolute atomic E-state index is 0.0227. The number of hydrogen-bond acceptors (Lipinski definition) is 6. The van der Waals surface area contributed by atoms with Crippen molar-refractivity contribution in [2.45, 2.75) is 54.0 Å². The molecule has 3 aromatic rings. The van der Waals surface area contributed by atoms with E-state index in [0.29, 0.717) is 13.2 Å². The van der Waals surface area contributed by atoms with Gasteiger partial charge in [-0.05, 0) is 76.2 Å². The van der Waals surface area contributed by atoms with Gasteiger partial charge >= 0.3 is 5.97 Å². The molecular formula is C31H42N4O4. The van der Waals surface area contributed by atoms with Crippen LogP contribution >= 0.6 is 0 Å². The number of benzene rings is 2. The zero-order chi connectivity index (χ0) is 28.6. The second-order valence-corrected chi connectivity index (χ2v) is 9.27. The van der Waals surface area contributed by atoms with Gasteiger partial charge in [-0.1, -0.05) is 55.8 Å². The number of ether oxygens (including phenoxy) is 1. The lowest BCUT2D eigenvalue weighted by molar-refractivity contribution is -0.142. The number of hydrogen-bond donors (Lipinski definition) is 1. The Morgan fingerprint density at radius 2 is 1.64 bits per heavy atom. The predicted molar refractivity (Wildman–Crippen MR) is 155 cm³/mol. The molecule has 8 nitrogen and oxygen atoms in total. The number of carbonyl (C=O) groups is 2. The van der Waals surface area contributed by atoms with Gasteiger partial charge in [-0.25, -0.2) is 4.68 Å². The Bertz CT molecular complexity index is 1230. The molecule has 1 amide bonds. The topological polar surface area (TPSA) is 93.5 Å². The summed E-state index contributed by atoms with van der Waals surface area (Å²) in [6.07, 6.45) is 1.23. The first-order chi connectivity index (χ1) is 18.7. The van der Waals surface area contributed by atoms with Crippen LogP contribution in [0.25, 0.3) is 0 Å². The van der Waals surface area contributed by atoms with Crippen LogP contribution in [0, 0.1) is 13.8 Å². The molecule has 1 N–H and O–H groups in total. The highest BCUT2D eigenvalue weighted by atomic mass is 16.5. The summed E-state index contributed by atoms with van der Waals surface area (Å²) in [5.74, 6) is -0.227. The van der Waals surface area contributed by atoms with E-state index in [4.69, 9.17) is 4.74 Å². The molecule has 0 atom stereocenters. The van der Waals surface area contributed by atoms with Crippen LogP contribution in [0.15, 0.2) is 65.5 Å². The lowest BCUT2D eigenvalue weighted by atomic mass is 10.1. The van der Waals surface area contributed by atoms with E-state index in [1.54, 1.807) is 13.0 Å². The molecule has 1 aromatic heterocycles. The summed E-state index contributed by atoms with van der Waals surface area (Å²) in [6.45, 7) is 14.7. The van der Waals surface area contributed by atoms with Gasteiger partial charge in [-0.3, -0.25) is 14.4 Å². The molecule has 2 aromatic carbocycles. The second-order valence-electron chi connectivity index (χ2n) is 9.27. The molecule has 210 valence electrons. The molecule has 0 aliphatic carbocycles. The van der Waals surface area contributed by atoms with Crippen molar-refractivity contribution in [3.63, 3.8) is 0 Å². The van der Waals surface area contributed by atoms with Gasteiger partial charge in [0, 0.05) is 18.2 Å². The maximum absolute atomic E-state index is 11.8. The number of aromatic nitrogens is 2. The molecule has 0 fully saturated rings. The summed E-state index contributed by atoms with van der Waals surface area (Å²) in [4.78, 5) is 37.4. The van der Waals surface area contributed by atoms with Crippen molar-refractivity contribution in [2.24, 2.45) is 0 Å². The molecule has 1 heterocycles. The van der Waals surface area contributed by atoms with Gasteiger partial charge in [0.1, 0.15) is 0 Å². The van der Waals surface area contributed by atoms with Crippen molar-refractivity contribution in [1.82, 2.24) is 20.0 Å². The van der Waals surface area contributed by atoms with Crippen LogP contribution in [0.3, 0.4) is 0 Å². The van der Waals surface area contributed by atoms with Crippen LogP contribution in [0.4, 0.5) is 0 Å². The molecule has 0 aliphatic heterocycles. The summed E-state index contributed by atoms with van der Waals surface area (Å²) < 4.78 is 6.35. The zero-order valence-electron chi connectivity index (χ0n) is 23.9. The standard InChI is InChI=1S/C16H18N2O3.C15H24N2O/c1-3-21-16(20)10-13-5-4-6-14(9-13)11-18-15(19)8-7-12(2)17-18;1-4-17(5-2)12-6-11-16-15(18)14-9-7-13(3)8-10-14/h4-9H,3,10-11H2,1-2H3;7-10H,4-6,11-12H2,1-3H3,(H,16,18). The smallest absolute Gasteiger partial charge is 0.310 e. The predicted octanol–water partition coefficient (Wildman–Crippen LogP) is 4.16. The van der Waals surface area contributed by atoms with Crippen molar-refractivity contribution < 1.29 is 14.3 Å². The van der Waals surface area contributed by atoms with Crippen LogP contribution in [0.5, 0.6) is 0 Å². The lowest BCUT2D eigenvalue weighted by Gasteiger charge is -2.17. The van der Waals surface area contributed by atoms with E-state index in [1.807, 2.05) is 62.4 Å². The number of nitrogens with one attached hydrogen (secondary N) is 1. The van der Waals surface area contributed by atoms with Crippen LogP contribution in [-0.2, 0) is 22.5 Å². The van der Waals surface area contributed by atoms with Crippen molar-refractivity contribution in [3.05, 3.63) is 99.0 Å². The van der Waals surface area contributed by atoms with Crippen LogP contribution in [0.2, 0.25) is 0 Å². The molecule has 0 bridgehead atoms. The molecule has 39 heavy (non-hydrogen) atoms. The third kappa shape index (κ3) is 11.7. The van der Waals surface area contributed by atoms with E-state index in [9.17, 15) is 14.4 Å². The largest absolute Gasteiger partial charge is 0.466 e. The summed E-state index contributed by atoms with van der Waals surface area (Å²) in [5.41, 5.74) is 4.36. The molecule has 0 saturated heterocycles. The highest BCUT2D eigenvalue weighted by molar-refractivity contribution is 5.94. The minimum atomic E-state index is -0.250. The van der Waals surface area contributed by atoms with Crippen LogP contribution < -0.4 is 10.9 Å². The lowest BCUT2D eigenvalue weighted by Crippen LogP contribution is -2.29. The van der Waals surface area contributed by atoms with E-state index >= 15 is 0 Å². The fourth-order valence-electron chi connectivity index (χ4n) is 3.91. The summed E-state index contributed by atoms with van der Waals surface area (Å²) in [7, 11) is 0. The third-order valence-corrected chi connectivity index (χ3v) is 6.12. The maximum atomic E-state index is 11.8. The molecule has 0 unspecified atom stereocenters. The van der Waals surface area contributed by atoms with Gasteiger partial charge in [0.05, 0.1) is 25.3 Å². The molecule has 0 spiro atoms. The first-order valence-corrected chi connectivity index (χ1v) is 13.6. The highest BCUT2D eigenvalue weighted by Gasteiger charge is 2.07. The van der Waals surface area contributed by atoms with Crippen molar-refractivity contribution in [3.8, 4) is 0 Å². The van der Waals surface area contributed by atoms with Crippen LogP contribution in [0.1, 0.15) is 59.9 Å². The Kier molecular flexibility index (Phi) is 13.7. The number of carbonyl (C=O) groups excluding carboxylic acids is 2. The number of aryl methyl sites for hydroxylation is 2. The molecular weight excluding hydrogens is 492 g/mol. The van der Waals surface area contributed by atoms with Crippen molar-refractivity contribution in [2.75, 3.05) is 32.8 Å². The van der Waals surface area contributed by atoms with Gasteiger partial charge in [-0.2, -0.15) is 5.10 Å². The highest BCUT2D eigenvalue weighted by Crippen LogP contribution is 2.08. The number of esters is 1. The second kappa shape index (κ2) is 16.9. The monoisotopic (exact) mass is 534 g/mol. The SMILES string of the molecule is CCN(CC)CCCNC(=O)c1ccc(C)cc1.CCOC(=O)Cc1cccc(Cn2nc(C)ccc2=O)c1. The minimum Gasteiger partial charge on any atom is -0.466 e. The zero-order valence-corrected chi connectivity index (χ0v) is 23.9. The Balaban J connectivity index is 0.000000277. The summed E-state index contributed by atoms with van der Waals surface area (Å²) in [5, 5.41) is 7.16. The van der Waals surface area contributed by atoms with Crippen molar-refractivity contribution >= 4 is 11.9 Å². The molecule has 0 aliphatic rings. The van der Waals surface area contributed by atoms with Gasteiger partial charge in [0.15, 0.2) is 0 Å². The Hall–Kier alpha value is -3.78. The van der Waals surface area contributed by atoms with E-state index in [2.05, 4.69) is 29.2 Å². The van der Waals surface area contributed by atoms with E-state index in [1.165, 1.54) is 16.3 Å². The Morgan fingerprint density at radius 3 is 2.31 bits per heavy atom. The summed E-state index contributed by atoms with van der Waals surface area (Å²) >= 11 is 0. The van der Waals surface area contributed by atoms with E-state index in [-0.39, 0.29) is 23.9 Å². The quantitative estimate of drug-likeness (QED) is 0.277. The Morgan fingerprint density at radius 1 is 0.949 bits per heavy atom. The fourth-order valence-corrected chi connectivity index (χ4v) is 3.91. The van der Waals surface area contributed by atoms with Crippen LogP contribution in [-0.4, -0.2) is 59.3 Å². The van der Waals surface area contributed by atoms with E-state index in [0.717, 1.165) is 55.0 Å². The molecule has 8 heteroatoms. The average molecular weight is 535 g/mol. The number of amides is 1. The first-order valence-electron chi connectivity index (χ1n) is 13.6. The van der Waals surface area contributed by atoms with Gasteiger partial charge in [0.2, 0.25) is 0 Å². The van der Waals surface area contributed by atoms with E-state index < -0.39 is 0 Å². The molecule has 0 radical (unpaired) electrons. The number of nitrogens with zero attached hydrogens (tertiary/aromatic N) is 3. The average Bonchev–Trinajstić information content (AvgIpc) is 2.92. The maximum Gasteiger partial charge on any atom is 0.310 e. The third-order valence-electron chi connectivity index (χ3n) is 6.12. The normalized spacial score (nSPS) is 10.5. The number of rotatable bonds is 12. The first kappa shape index (κ1) is 31.4. The molecule has 3 rings (SSSR count). The molecule has 0 saturated carbocycles. The van der Waals surface area contributed by atoms with Crippen molar-refractivity contribution in [1.29, 1.82) is 0 Å². The fraction of sp³-hybridized carbons (Fsp3) is 0.419. The van der Waals surface area contributed by atoms with Gasteiger partial charge < -0.3 is 15.0 Å². The van der Waals surface area contributed by atoms with Gasteiger partial charge in [0.25, 0.3) is 11.5 Å². The summed E-state index contributed by atoms with van der Waals surface area (Å²) in [6, 6.07) is 18.4. The Labute approximate surface area is 232 Å². The van der Waals surface area contributed by atoms with Gasteiger partial charge in [-0.15, -0.1) is 0 Å².